The van der Waals surface area contributed by atoms with Crippen molar-refractivity contribution < 1.29 is 14.3 Å². The molecule has 164 valence electrons. The maximum atomic E-state index is 12.6. The summed E-state index contributed by atoms with van der Waals surface area (Å²) in [4.78, 5) is 17.4. The zero-order valence-corrected chi connectivity index (χ0v) is 18.3. The van der Waals surface area contributed by atoms with Crippen molar-refractivity contribution in [1.82, 2.24) is 4.90 Å². The van der Waals surface area contributed by atoms with E-state index in [2.05, 4.69) is 33.3 Å². The van der Waals surface area contributed by atoms with Gasteiger partial charge in [0.25, 0.3) is 5.91 Å². The molecule has 0 aliphatic carbocycles. The molecule has 5 rings (SSSR count). The molecule has 1 N–H and O–H groups in total. The highest BCUT2D eigenvalue weighted by molar-refractivity contribution is 6.31. The summed E-state index contributed by atoms with van der Waals surface area (Å²) in [7, 11) is 0. The van der Waals surface area contributed by atoms with E-state index in [0.717, 1.165) is 49.1 Å². The number of anilines is 2. The largest absolute Gasteiger partial charge is 0.454 e. The van der Waals surface area contributed by atoms with Crippen LogP contribution in [0.4, 0.5) is 11.4 Å². The van der Waals surface area contributed by atoms with E-state index in [0.29, 0.717) is 17.1 Å². The third-order valence-corrected chi connectivity index (χ3v) is 6.22. The van der Waals surface area contributed by atoms with Gasteiger partial charge >= 0.3 is 0 Å². The van der Waals surface area contributed by atoms with Gasteiger partial charge in [0.05, 0.1) is 0 Å². The van der Waals surface area contributed by atoms with Crippen LogP contribution in [0.3, 0.4) is 0 Å². The lowest BCUT2D eigenvalue weighted by Crippen LogP contribution is -2.46. The fourth-order valence-electron chi connectivity index (χ4n) is 4.03. The van der Waals surface area contributed by atoms with Gasteiger partial charge in [-0.15, -0.1) is 0 Å². The first kappa shape index (κ1) is 20.7. The zero-order valence-electron chi connectivity index (χ0n) is 17.6. The summed E-state index contributed by atoms with van der Waals surface area (Å²) in [5.41, 5.74) is 3.62. The van der Waals surface area contributed by atoms with E-state index in [1.165, 1.54) is 5.56 Å². The molecule has 1 fully saturated rings. The van der Waals surface area contributed by atoms with E-state index < -0.39 is 0 Å². The van der Waals surface area contributed by atoms with Crippen LogP contribution < -0.4 is 19.7 Å². The van der Waals surface area contributed by atoms with Gasteiger partial charge in [0, 0.05) is 54.7 Å². The molecule has 3 aromatic carbocycles. The normalized spacial score (nSPS) is 15.6. The lowest BCUT2D eigenvalue weighted by molar-refractivity contribution is 0.102. The summed E-state index contributed by atoms with van der Waals surface area (Å²) in [5.74, 6) is 1.09. The predicted molar refractivity (Wildman–Crippen MR) is 126 cm³/mol. The van der Waals surface area contributed by atoms with Crippen LogP contribution in [0.5, 0.6) is 11.5 Å². The SMILES string of the molecule is O=C(Nc1ccc(N2CCN(Cc3ccccc3Cl)CC2)cc1)c1ccc2c(c1)OCO2. The number of rotatable bonds is 5. The summed E-state index contributed by atoms with van der Waals surface area (Å²) in [6.07, 6.45) is 0. The molecule has 2 heterocycles. The van der Waals surface area contributed by atoms with Gasteiger partial charge in [0.2, 0.25) is 6.79 Å². The summed E-state index contributed by atoms with van der Waals surface area (Å²) in [6.45, 7) is 4.93. The van der Waals surface area contributed by atoms with Crippen LogP contribution in [0.25, 0.3) is 0 Å². The van der Waals surface area contributed by atoms with E-state index in [1.807, 2.05) is 30.3 Å². The van der Waals surface area contributed by atoms with Gasteiger partial charge in [-0.1, -0.05) is 29.8 Å². The maximum absolute atomic E-state index is 12.6. The second-order valence-electron chi connectivity index (χ2n) is 7.92. The number of hydrogen-bond acceptors (Lipinski definition) is 5. The number of piperazine rings is 1. The molecule has 2 aliphatic heterocycles. The molecule has 32 heavy (non-hydrogen) atoms. The Morgan fingerprint density at radius 1 is 0.906 bits per heavy atom. The van der Waals surface area contributed by atoms with Crippen LogP contribution in [0.1, 0.15) is 15.9 Å². The Kier molecular flexibility index (Phi) is 5.88. The first-order valence-electron chi connectivity index (χ1n) is 10.7. The molecule has 0 aromatic heterocycles. The highest BCUT2D eigenvalue weighted by Gasteiger charge is 2.19. The molecule has 1 saturated heterocycles. The van der Waals surface area contributed by atoms with E-state index in [9.17, 15) is 4.79 Å². The Hall–Kier alpha value is -3.22. The van der Waals surface area contributed by atoms with Crippen LogP contribution in [0, 0.1) is 0 Å². The van der Waals surface area contributed by atoms with Gasteiger partial charge in [-0.3, -0.25) is 9.69 Å². The molecular formula is C25H24ClN3O3. The molecule has 0 radical (unpaired) electrons. The van der Waals surface area contributed by atoms with Crippen molar-refractivity contribution in [2.75, 3.05) is 43.2 Å². The van der Waals surface area contributed by atoms with Crippen molar-refractivity contribution in [1.29, 1.82) is 0 Å². The fraction of sp³-hybridized carbons (Fsp3) is 0.240. The number of hydrogen-bond donors (Lipinski definition) is 1. The highest BCUT2D eigenvalue weighted by atomic mass is 35.5. The number of ether oxygens (including phenoxy) is 2. The number of carbonyl (C=O) groups excluding carboxylic acids is 1. The van der Waals surface area contributed by atoms with Gasteiger partial charge in [0.15, 0.2) is 11.5 Å². The summed E-state index contributed by atoms with van der Waals surface area (Å²) in [6, 6.07) is 21.2. The number of benzene rings is 3. The Morgan fingerprint density at radius 3 is 2.44 bits per heavy atom. The number of nitrogens with zero attached hydrogens (tertiary/aromatic N) is 2. The molecule has 1 amide bonds. The smallest absolute Gasteiger partial charge is 0.255 e. The Morgan fingerprint density at radius 2 is 1.66 bits per heavy atom. The Balaban J connectivity index is 1.16. The minimum absolute atomic E-state index is 0.177. The molecule has 0 atom stereocenters. The van der Waals surface area contributed by atoms with E-state index in [1.54, 1.807) is 18.2 Å². The third-order valence-electron chi connectivity index (χ3n) is 5.85. The zero-order chi connectivity index (χ0) is 21.9. The number of nitrogens with one attached hydrogen (secondary N) is 1. The lowest BCUT2D eigenvalue weighted by atomic mass is 10.1. The van der Waals surface area contributed by atoms with Crippen LogP contribution in [-0.2, 0) is 6.54 Å². The molecule has 0 unspecified atom stereocenters. The standard InChI is InChI=1S/C25H24ClN3O3/c26-22-4-2-1-3-19(22)16-28-11-13-29(14-12-28)21-8-6-20(7-9-21)27-25(30)18-5-10-23-24(15-18)32-17-31-23/h1-10,15H,11-14,16-17H2,(H,27,30). The highest BCUT2D eigenvalue weighted by Crippen LogP contribution is 2.32. The van der Waals surface area contributed by atoms with E-state index >= 15 is 0 Å². The first-order chi connectivity index (χ1) is 15.7. The van der Waals surface area contributed by atoms with Gasteiger partial charge in [-0.05, 0) is 54.1 Å². The van der Waals surface area contributed by atoms with Gasteiger partial charge in [-0.25, -0.2) is 0 Å². The second-order valence-corrected chi connectivity index (χ2v) is 8.33. The Labute approximate surface area is 192 Å². The molecule has 2 aliphatic rings. The van der Waals surface area contributed by atoms with Crippen molar-refractivity contribution in [3.05, 3.63) is 82.9 Å². The number of halogens is 1. The van der Waals surface area contributed by atoms with Gasteiger partial charge in [0.1, 0.15) is 0 Å². The molecular weight excluding hydrogens is 426 g/mol. The molecule has 7 heteroatoms. The average Bonchev–Trinajstić information content (AvgIpc) is 3.30. The summed E-state index contributed by atoms with van der Waals surface area (Å²) in [5, 5.41) is 3.77. The molecule has 0 spiro atoms. The van der Waals surface area contributed by atoms with E-state index in [-0.39, 0.29) is 12.7 Å². The molecule has 6 nitrogen and oxygen atoms in total. The molecule has 0 bridgehead atoms. The van der Waals surface area contributed by atoms with Crippen LogP contribution in [0.2, 0.25) is 5.02 Å². The van der Waals surface area contributed by atoms with Crippen molar-refractivity contribution in [2.45, 2.75) is 6.54 Å². The molecule has 3 aromatic rings. The third kappa shape index (κ3) is 4.52. The first-order valence-corrected chi connectivity index (χ1v) is 11.1. The van der Waals surface area contributed by atoms with Crippen LogP contribution in [-0.4, -0.2) is 43.8 Å². The van der Waals surface area contributed by atoms with Crippen molar-refractivity contribution in [3.63, 3.8) is 0 Å². The van der Waals surface area contributed by atoms with Crippen LogP contribution in [0.15, 0.2) is 66.7 Å². The average molecular weight is 450 g/mol. The second kappa shape index (κ2) is 9.10. The number of carbonyl (C=O) groups is 1. The van der Waals surface area contributed by atoms with Crippen molar-refractivity contribution in [2.24, 2.45) is 0 Å². The Bertz CT molecular complexity index is 1110. The quantitative estimate of drug-likeness (QED) is 0.614. The lowest BCUT2D eigenvalue weighted by Gasteiger charge is -2.36. The van der Waals surface area contributed by atoms with E-state index in [4.69, 9.17) is 21.1 Å². The van der Waals surface area contributed by atoms with Gasteiger partial charge < -0.3 is 19.7 Å². The minimum atomic E-state index is -0.177. The summed E-state index contributed by atoms with van der Waals surface area (Å²) >= 11 is 6.30. The monoisotopic (exact) mass is 449 g/mol. The minimum Gasteiger partial charge on any atom is -0.454 e. The maximum Gasteiger partial charge on any atom is 0.255 e. The number of amides is 1. The van der Waals surface area contributed by atoms with Crippen molar-refractivity contribution in [3.8, 4) is 11.5 Å². The number of fused-ring (bicyclic) bond motifs is 1. The fourth-order valence-corrected chi connectivity index (χ4v) is 4.22. The van der Waals surface area contributed by atoms with Crippen LogP contribution >= 0.6 is 11.6 Å². The van der Waals surface area contributed by atoms with Crippen molar-refractivity contribution >= 4 is 28.9 Å². The predicted octanol–water partition coefficient (Wildman–Crippen LogP) is 4.64. The topological polar surface area (TPSA) is 54.0 Å². The molecule has 0 saturated carbocycles. The van der Waals surface area contributed by atoms with Gasteiger partial charge in [-0.2, -0.15) is 0 Å². The summed E-state index contributed by atoms with van der Waals surface area (Å²) < 4.78 is 10.6.